The minimum absolute atomic E-state index is 0.193. The van der Waals surface area contributed by atoms with Gasteiger partial charge in [-0.25, -0.2) is 4.90 Å². The summed E-state index contributed by atoms with van der Waals surface area (Å²) in [5.74, 6) is -1.32. The maximum Gasteiger partial charge on any atom is 0.263 e. The summed E-state index contributed by atoms with van der Waals surface area (Å²) in [4.78, 5) is 39.0. The molecule has 1 saturated heterocycles. The van der Waals surface area contributed by atoms with Crippen LogP contribution in [-0.4, -0.2) is 41.4 Å². The Morgan fingerprint density at radius 1 is 1.14 bits per heavy atom. The SMILES string of the molecule is Cc1ccc(N2C(=O)[C@@H]3N=NN(CC(=O)Nc4ccccc4)[C@H]3C2=O)cc1Cl. The second-order valence-corrected chi connectivity index (χ2v) is 6.96. The normalized spacial score (nSPS) is 20.6. The summed E-state index contributed by atoms with van der Waals surface area (Å²) >= 11 is 6.13. The summed E-state index contributed by atoms with van der Waals surface area (Å²) in [7, 11) is 0. The first-order chi connectivity index (χ1) is 13.5. The van der Waals surface area contributed by atoms with Gasteiger partial charge in [-0.15, -0.1) is 0 Å². The molecule has 0 aromatic heterocycles. The van der Waals surface area contributed by atoms with Gasteiger partial charge in [0.1, 0.15) is 6.54 Å². The van der Waals surface area contributed by atoms with Crippen molar-refractivity contribution >= 4 is 40.7 Å². The Hall–Kier alpha value is -3.26. The van der Waals surface area contributed by atoms with Gasteiger partial charge in [-0.3, -0.25) is 19.4 Å². The van der Waals surface area contributed by atoms with Crippen LogP contribution in [0.5, 0.6) is 0 Å². The van der Waals surface area contributed by atoms with Crippen molar-refractivity contribution in [2.24, 2.45) is 10.3 Å². The van der Waals surface area contributed by atoms with E-state index in [0.29, 0.717) is 16.4 Å². The largest absolute Gasteiger partial charge is 0.324 e. The molecule has 1 fully saturated rings. The minimum Gasteiger partial charge on any atom is -0.324 e. The highest BCUT2D eigenvalue weighted by Crippen LogP contribution is 2.33. The molecule has 2 aromatic rings. The Morgan fingerprint density at radius 3 is 2.61 bits per heavy atom. The lowest BCUT2D eigenvalue weighted by molar-refractivity contribution is -0.123. The van der Waals surface area contributed by atoms with Crippen LogP contribution in [-0.2, 0) is 14.4 Å². The number of nitrogens with one attached hydrogen (secondary N) is 1. The van der Waals surface area contributed by atoms with Gasteiger partial charge >= 0.3 is 0 Å². The highest BCUT2D eigenvalue weighted by atomic mass is 35.5. The van der Waals surface area contributed by atoms with Crippen LogP contribution in [0.2, 0.25) is 5.02 Å². The van der Waals surface area contributed by atoms with E-state index in [1.807, 2.05) is 13.0 Å². The maximum atomic E-state index is 12.9. The van der Waals surface area contributed by atoms with Crippen molar-refractivity contribution in [1.82, 2.24) is 5.01 Å². The number of aryl methyl sites for hydroxylation is 1. The highest BCUT2D eigenvalue weighted by Gasteiger charge is 2.55. The van der Waals surface area contributed by atoms with Gasteiger partial charge in [0.2, 0.25) is 5.91 Å². The predicted molar refractivity (Wildman–Crippen MR) is 103 cm³/mol. The van der Waals surface area contributed by atoms with Crippen LogP contribution in [0.25, 0.3) is 0 Å². The minimum atomic E-state index is -0.961. The third-order valence-electron chi connectivity index (χ3n) is 4.63. The molecule has 0 spiro atoms. The first kappa shape index (κ1) is 18.1. The van der Waals surface area contributed by atoms with Gasteiger partial charge in [-0.05, 0) is 36.8 Å². The zero-order valence-electron chi connectivity index (χ0n) is 14.9. The van der Waals surface area contributed by atoms with Gasteiger partial charge in [0.25, 0.3) is 11.8 Å². The maximum absolute atomic E-state index is 12.9. The molecule has 2 aliphatic heterocycles. The molecule has 9 heteroatoms. The van der Waals surface area contributed by atoms with E-state index in [1.165, 1.54) is 5.01 Å². The summed E-state index contributed by atoms with van der Waals surface area (Å²) in [6.45, 7) is 1.64. The van der Waals surface area contributed by atoms with E-state index >= 15 is 0 Å². The van der Waals surface area contributed by atoms with Gasteiger partial charge in [-0.1, -0.05) is 41.1 Å². The number of imide groups is 1. The molecule has 0 bridgehead atoms. The molecular formula is C19H16ClN5O3. The van der Waals surface area contributed by atoms with Crippen molar-refractivity contribution in [3.63, 3.8) is 0 Å². The number of carbonyl (C=O) groups is 3. The fourth-order valence-electron chi connectivity index (χ4n) is 3.20. The molecule has 0 unspecified atom stereocenters. The molecule has 8 nitrogen and oxygen atoms in total. The molecule has 3 amide bonds. The third kappa shape index (κ3) is 3.11. The first-order valence-electron chi connectivity index (χ1n) is 8.62. The molecule has 2 heterocycles. The van der Waals surface area contributed by atoms with E-state index in [-0.39, 0.29) is 12.5 Å². The van der Waals surface area contributed by atoms with Crippen molar-refractivity contribution in [2.75, 3.05) is 16.8 Å². The standard InChI is InChI=1S/C19H16ClN5O3/c1-11-7-8-13(9-14(11)20)25-18(27)16-17(19(25)28)24(23-22-16)10-15(26)21-12-5-3-2-4-6-12/h2-9,16-17H,10H2,1H3,(H,21,26)/t16-,17-/m1/s1. The third-order valence-corrected chi connectivity index (χ3v) is 5.04. The van der Waals surface area contributed by atoms with E-state index in [1.54, 1.807) is 42.5 Å². The molecule has 2 aliphatic rings. The van der Waals surface area contributed by atoms with Crippen LogP contribution in [0.15, 0.2) is 58.9 Å². The first-order valence-corrected chi connectivity index (χ1v) is 9.00. The molecule has 28 heavy (non-hydrogen) atoms. The monoisotopic (exact) mass is 397 g/mol. The Balaban J connectivity index is 1.51. The van der Waals surface area contributed by atoms with Crippen LogP contribution in [0, 0.1) is 6.92 Å². The Bertz CT molecular complexity index is 994. The highest BCUT2D eigenvalue weighted by molar-refractivity contribution is 6.32. The number of para-hydroxylation sites is 1. The van der Waals surface area contributed by atoms with E-state index in [0.717, 1.165) is 10.5 Å². The second kappa shape index (κ2) is 7.05. The van der Waals surface area contributed by atoms with Crippen LogP contribution < -0.4 is 10.2 Å². The van der Waals surface area contributed by atoms with Gasteiger partial charge < -0.3 is 5.32 Å². The lowest BCUT2D eigenvalue weighted by atomic mass is 10.1. The van der Waals surface area contributed by atoms with Crippen LogP contribution in [0.3, 0.4) is 0 Å². The number of fused-ring (bicyclic) bond motifs is 1. The van der Waals surface area contributed by atoms with Gasteiger partial charge in [0, 0.05) is 10.7 Å². The van der Waals surface area contributed by atoms with Crippen LogP contribution in [0.1, 0.15) is 5.56 Å². The van der Waals surface area contributed by atoms with E-state index in [2.05, 4.69) is 15.7 Å². The summed E-state index contributed by atoms with van der Waals surface area (Å²) in [5, 5.41) is 12.2. The molecule has 142 valence electrons. The molecule has 0 radical (unpaired) electrons. The number of nitrogens with zero attached hydrogens (tertiary/aromatic N) is 4. The number of hydrogen-bond acceptors (Lipinski definition) is 6. The van der Waals surface area contributed by atoms with Gasteiger partial charge in [0.05, 0.1) is 5.69 Å². The van der Waals surface area contributed by atoms with E-state index < -0.39 is 23.9 Å². The second-order valence-electron chi connectivity index (χ2n) is 6.55. The molecule has 0 saturated carbocycles. The summed E-state index contributed by atoms with van der Waals surface area (Å²) < 4.78 is 0. The van der Waals surface area contributed by atoms with Crippen molar-refractivity contribution in [3.05, 3.63) is 59.1 Å². The topological polar surface area (TPSA) is 94.4 Å². The Morgan fingerprint density at radius 2 is 1.89 bits per heavy atom. The number of halogens is 1. The Kier molecular flexibility index (Phi) is 4.56. The zero-order chi connectivity index (χ0) is 19.8. The quantitative estimate of drug-likeness (QED) is 0.802. The van der Waals surface area contributed by atoms with E-state index in [9.17, 15) is 14.4 Å². The lowest BCUT2D eigenvalue weighted by Crippen LogP contribution is -2.43. The number of hydrogen-bond donors (Lipinski definition) is 1. The molecule has 2 aromatic carbocycles. The van der Waals surface area contributed by atoms with Gasteiger partial charge in [0.15, 0.2) is 12.1 Å². The number of benzene rings is 2. The van der Waals surface area contributed by atoms with Crippen LogP contribution >= 0.6 is 11.6 Å². The number of anilines is 2. The van der Waals surface area contributed by atoms with Crippen molar-refractivity contribution in [2.45, 2.75) is 19.0 Å². The molecule has 2 atom stereocenters. The zero-order valence-corrected chi connectivity index (χ0v) is 15.6. The lowest BCUT2D eigenvalue weighted by Gasteiger charge is -2.20. The fourth-order valence-corrected chi connectivity index (χ4v) is 3.37. The number of amides is 3. The summed E-state index contributed by atoms with van der Waals surface area (Å²) in [6, 6.07) is 12.0. The van der Waals surface area contributed by atoms with Gasteiger partial charge in [-0.2, -0.15) is 5.11 Å². The average molecular weight is 398 g/mol. The molecular weight excluding hydrogens is 382 g/mol. The number of carbonyl (C=O) groups excluding carboxylic acids is 3. The smallest absolute Gasteiger partial charge is 0.263 e. The average Bonchev–Trinajstić information content (AvgIpc) is 3.18. The number of rotatable bonds is 4. The van der Waals surface area contributed by atoms with Crippen molar-refractivity contribution in [3.8, 4) is 0 Å². The van der Waals surface area contributed by atoms with E-state index in [4.69, 9.17) is 11.6 Å². The summed E-state index contributed by atoms with van der Waals surface area (Å²) in [6.07, 6.45) is 0. The van der Waals surface area contributed by atoms with Crippen molar-refractivity contribution in [1.29, 1.82) is 0 Å². The summed E-state index contributed by atoms with van der Waals surface area (Å²) in [5.41, 5.74) is 1.84. The van der Waals surface area contributed by atoms with Crippen LogP contribution in [0.4, 0.5) is 11.4 Å². The molecule has 1 N–H and O–H groups in total. The molecule has 4 rings (SSSR count). The predicted octanol–water partition coefficient (Wildman–Crippen LogP) is 2.58. The van der Waals surface area contributed by atoms with Crippen molar-refractivity contribution < 1.29 is 14.4 Å². The molecule has 0 aliphatic carbocycles. The fraction of sp³-hybridized carbons (Fsp3) is 0.211. The Labute approximate surface area is 165 Å².